The van der Waals surface area contributed by atoms with Crippen LogP contribution in [0.15, 0.2) is 23.4 Å². The second-order valence-electron chi connectivity index (χ2n) is 4.88. The smallest absolute Gasteiger partial charge is 0.144 e. The van der Waals surface area contributed by atoms with Crippen molar-refractivity contribution in [2.75, 3.05) is 6.61 Å². The molecule has 18 heavy (non-hydrogen) atoms. The zero-order valence-corrected chi connectivity index (χ0v) is 10.9. The van der Waals surface area contributed by atoms with Crippen molar-refractivity contribution in [2.24, 2.45) is 16.3 Å². The molecule has 0 fully saturated rings. The molecule has 1 aromatic rings. The maximum atomic E-state index is 13.0. The lowest BCUT2D eigenvalue weighted by atomic mass is 9.88. The summed E-state index contributed by atoms with van der Waals surface area (Å²) in [5.74, 6) is 0.346. The highest BCUT2D eigenvalue weighted by molar-refractivity contribution is 5.85. The van der Waals surface area contributed by atoms with Gasteiger partial charge >= 0.3 is 0 Å². The van der Waals surface area contributed by atoms with E-state index in [1.807, 2.05) is 20.8 Å². The average molecular weight is 254 g/mol. The predicted octanol–water partition coefficient (Wildman–Crippen LogP) is 2.68. The van der Waals surface area contributed by atoms with Crippen LogP contribution in [0.3, 0.4) is 0 Å². The van der Waals surface area contributed by atoms with Gasteiger partial charge in [0.2, 0.25) is 0 Å². The molecule has 0 saturated heterocycles. The van der Waals surface area contributed by atoms with Crippen LogP contribution in [-0.2, 0) is 0 Å². The van der Waals surface area contributed by atoms with E-state index in [0.717, 1.165) is 5.56 Å². The van der Waals surface area contributed by atoms with Gasteiger partial charge in [-0.2, -0.15) is 0 Å². The van der Waals surface area contributed by atoms with E-state index in [1.165, 1.54) is 12.1 Å². The van der Waals surface area contributed by atoms with Crippen LogP contribution in [0, 0.1) is 18.2 Å². The van der Waals surface area contributed by atoms with Gasteiger partial charge in [0.05, 0.1) is 6.61 Å². The van der Waals surface area contributed by atoms with Gasteiger partial charge in [0, 0.05) is 11.5 Å². The fourth-order valence-corrected chi connectivity index (χ4v) is 1.41. The van der Waals surface area contributed by atoms with E-state index in [1.54, 1.807) is 6.07 Å². The van der Waals surface area contributed by atoms with Gasteiger partial charge in [0.1, 0.15) is 17.4 Å². The lowest BCUT2D eigenvalue weighted by Gasteiger charge is -2.22. The standard InChI is InChI=1S/C13H19FN2O2/c1-9-4-5-10(14)8-11(9)18-7-6-13(2,3)12(15)16-17/h4-5,8,17H,6-7H2,1-3H3,(H2,15,16). The second kappa shape index (κ2) is 5.71. The van der Waals surface area contributed by atoms with Gasteiger partial charge in [-0.3, -0.25) is 0 Å². The number of oxime groups is 1. The van der Waals surface area contributed by atoms with Crippen molar-refractivity contribution in [3.8, 4) is 5.75 Å². The highest BCUT2D eigenvalue weighted by Crippen LogP contribution is 2.23. The first-order chi connectivity index (χ1) is 8.36. The van der Waals surface area contributed by atoms with E-state index in [0.29, 0.717) is 18.8 Å². The molecule has 0 spiro atoms. The van der Waals surface area contributed by atoms with Crippen molar-refractivity contribution < 1.29 is 14.3 Å². The second-order valence-corrected chi connectivity index (χ2v) is 4.88. The van der Waals surface area contributed by atoms with Gasteiger partial charge in [0.25, 0.3) is 0 Å². The first-order valence-corrected chi connectivity index (χ1v) is 5.74. The molecule has 0 aliphatic heterocycles. The minimum atomic E-state index is -0.462. The summed E-state index contributed by atoms with van der Waals surface area (Å²) in [6.45, 7) is 5.92. The van der Waals surface area contributed by atoms with Gasteiger partial charge in [0.15, 0.2) is 0 Å². The quantitative estimate of drug-likeness (QED) is 0.367. The van der Waals surface area contributed by atoms with Crippen molar-refractivity contribution in [3.63, 3.8) is 0 Å². The summed E-state index contributed by atoms with van der Waals surface area (Å²) in [5, 5.41) is 11.6. The Bertz CT molecular complexity index is 445. The molecule has 0 unspecified atom stereocenters. The third-order valence-electron chi connectivity index (χ3n) is 2.94. The maximum absolute atomic E-state index is 13.0. The van der Waals surface area contributed by atoms with Crippen molar-refractivity contribution in [1.82, 2.24) is 0 Å². The van der Waals surface area contributed by atoms with Crippen molar-refractivity contribution in [1.29, 1.82) is 0 Å². The molecule has 0 aromatic heterocycles. The Morgan fingerprint density at radius 3 is 2.78 bits per heavy atom. The Morgan fingerprint density at radius 2 is 2.17 bits per heavy atom. The number of hydrogen-bond donors (Lipinski definition) is 2. The van der Waals surface area contributed by atoms with Gasteiger partial charge in [-0.05, 0) is 25.0 Å². The molecule has 1 rings (SSSR count). The summed E-state index contributed by atoms with van der Waals surface area (Å²) in [5.41, 5.74) is 5.98. The molecule has 4 nitrogen and oxygen atoms in total. The number of nitrogens with two attached hydrogens (primary N) is 1. The number of aryl methyl sites for hydroxylation is 1. The molecule has 0 amide bonds. The summed E-state index contributed by atoms with van der Waals surface area (Å²) in [6, 6.07) is 4.41. The number of amidine groups is 1. The van der Waals surface area contributed by atoms with Crippen LogP contribution in [0.2, 0.25) is 0 Å². The molecule has 0 bridgehead atoms. The van der Waals surface area contributed by atoms with E-state index >= 15 is 0 Å². The molecule has 5 heteroatoms. The highest BCUT2D eigenvalue weighted by atomic mass is 19.1. The number of benzene rings is 1. The number of nitrogens with zero attached hydrogens (tertiary/aromatic N) is 1. The molecule has 0 radical (unpaired) electrons. The maximum Gasteiger partial charge on any atom is 0.144 e. The Morgan fingerprint density at radius 1 is 1.50 bits per heavy atom. The van der Waals surface area contributed by atoms with Crippen LogP contribution >= 0.6 is 0 Å². The molecule has 0 aliphatic carbocycles. The summed E-state index contributed by atoms with van der Waals surface area (Å²) in [6.07, 6.45) is 0.568. The Labute approximate surface area is 106 Å². The Balaban J connectivity index is 2.59. The largest absolute Gasteiger partial charge is 0.493 e. The summed E-state index contributed by atoms with van der Waals surface area (Å²) < 4.78 is 18.6. The van der Waals surface area contributed by atoms with Crippen molar-refractivity contribution in [3.05, 3.63) is 29.6 Å². The topological polar surface area (TPSA) is 67.8 Å². The Hall–Kier alpha value is -1.78. The molecule has 0 atom stereocenters. The molecule has 100 valence electrons. The molecule has 0 aliphatic rings. The third-order valence-corrected chi connectivity index (χ3v) is 2.94. The highest BCUT2D eigenvalue weighted by Gasteiger charge is 2.23. The minimum absolute atomic E-state index is 0.155. The first kappa shape index (κ1) is 14.3. The number of hydrogen-bond acceptors (Lipinski definition) is 3. The van der Waals surface area contributed by atoms with Crippen LogP contribution in [0.5, 0.6) is 5.75 Å². The summed E-state index contributed by atoms with van der Waals surface area (Å²) in [7, 11) is 0. The first-order valence-electron chi connectivity index (χ1n) is 5.74. The van der Waals surface area contributed by atoms with Crippen LogP contribution in [0.4, 0.5) is 4.39 Å². The summed E-state index contributed by atoms with van der Waals surface area (Å²) in [4.78, 5) is 0. The monoisotopic (exact) mass is 254 g/mol. The third kappa shape index (κ3) is 3.61. The summed E-state index contributed by atoms with van der Waals surface area (Å²) >= 11 is 0. The average Bonchev–Trinajstić information content (AvgIpc) is 2.32. The molecule has 0 heterocycles. The fourth-order valence-electron chi connectivity index (χ4n) is 1.41. The number of ether oxygens (including phenoxy) is 1. The minimum Gasteiger partial charge on any atom is -0.493 e. The molecule has 1 aromatic carbocycles. The molecule has 0 saturated carbocycles. The predicted molar refractivity (Wildman–Crippen MR) is 68.4 cm³/mol. The fraction of sp³-hybridized carbons (Fsp3) is 0.462. The SMILES string of the molecule is Cc1ccc(F)cc1OCCC(C)(C)/C(N)=N/O. The van der Waals surface area contributed by atoms with Gasteiger partial charge in [-0.1, -0.05) is 25.1 Å². The zero-order chi connectivity index (χ0) is 13.8. The van der Waals surface area contributed by atoms with E-state index in [-0.39, 0.29) is 11.7 Å². The van der Waals surface area contributed by atoms with E-state index in [2.05, 4.69) is 5.16 Å². The van der Waals surface area contributed by atoms with E-state index < -0.39 is 5.41 Å². The number of rotatable bonds is 5. The van der Waals surface area contributed by atoms with Crippen molar-refractivity contribution in [2.45, 2.75) is 27.2 Å². The lowest BCUT2D eigenvalue weighted by molar-refractivity contribution is 0.257. The van der Waals surface area contributed by atoms with Crippen molar-refractivity contribution >= 4 is 5.84 Å². The molecular weight excluding hydrogens is 235 g/mol. The van der Waals surface area contributed by atoms with Gasteiger partial charge in [-0.15, -0.1) is 0 Å². The zero-order valence-electron chi connectivity index (χ0n) is 10.9. The number of halogens is 1. The molecular formula is C13H19FN2O2. The van der Waals surface area contributed by atoms with Gasteiger partial charge in [-0.25, -0.2) is 4.39 Å². The van der Waals surface area contributed by atoms with Crippen LogP contribution in [0.25, 0.3) is 0 Å². The van der Waals surface area contributed by atoms with E-state index in [9.17, 15) is 4.39 Å². The normalized spacial score (nSPS) is 12.6. The van der Waals surface area contributed by atoms with E-state index in [4.69, 9.17) is 15.7 Å². The lowest BCUT2D eigenvalue weighted by Crippen LogP contribution is -2.33. The van der Waals surface area contributed by atoms with Gasteiger partial charge < -0.3 is 15.7 Å². The Kier molecular flexibility index (Phi) is 4.53. The van der Waals surface area contributed by atoms with Crippen LogP contribution in [-0.4, -0.2) is 17.6 Å². The molecule has 3 N–H and O–H groups in total. The van der Waals surface area contributed by atoms with Crippen LogP contribution < -0.4 is 10.5 Å². The van der Waals surface area contributed by atoms with Crippen LogP contribution in [0.1, 0.15) is 25.8 Å².